The van der Waals surface area contributed by atoms with Crippen LogP contribution in [0.25, 0.3) is 11.0 Å². The maximum absolute atomic E-state index is 11.3. The zero-order valence-electron chi connectivity index (χ0n) is 17.2. The first kappa shape index (κ1) is 24.4. The van der Waals surface area contributed by atoms with Gasteiger partial charge in [0.25, 0.3) is 0 Å². The summed E-state index contributed by atoms with van der Waals surface area (Å²) in [7, 11) is -0.116. The van der Waals surface area contributed by atoms with Gasteiger partial charge in [-0.3, -0.25) is 4.79 Å². The molecule has 0 spiro atoms. The summed E-state index contributed by atoms with van der Waals surface area (Å²) >= 11 is 0. The molecule has 0 radical (unpaired) electrons. The van der Waals surface area contributed by atoms with E-state index in [1.807, 2.05) is 29.8 Å². The number of methoxy groups -OCH3 is 1. The first-order valence-corrected chi connectivity index (χ1v) is 11.0. The van der Waals surface area contributed by atoms with Gasteiger partial charge in [-0.2, -0.15) is 0 Å². The number of hydrogen-bond acceptors (Lipinski definition) is 6. The van der Waals surface area contributed by atoms with Crippen LogP contribution in [0.4, 0.5) is 0 Å². The number of nitrogens with zero attached hydrogens (tertiary/aromatic N) is 2. The number of ether oxygens (including phenoxy) is 2. The number of aliphatic carboxylic acids is 1. The molecule has 2 aromatic carbocycles. The Hall–Kier alpha value is -2.82. The van der Waals surface area contributed by atoms with Gasteiger partial charge in [0.05, 0.1) is 24.4 Å². The maximum atomic E-state index is 11.3. The average Bonchev–Trinajstić information content (AvgIpc) is 3.01. The molecule has 9 nitrogen and oxygen atoms in total. The molecule has 0 unspecified atom stereocenters. The molecular formula is C20H24ClN3O6S. The van der Waals surface area contributed by atoms with E-state index in [0.29, 0.717) is 11.3 Å². The van der Waals surface area contributed by atoms with Gasteiger partial charge in [-0.15, -0.1) is 12.4 Å². The number of benzene rings is 2. The summed E-state index contributed by atoms with van der Waals surface area (Å²) in [5, 5.41) is 9.21. The minimum Gasteiger partial charge on any atom is -0.497 e. The van der Waals surface area contributed by atoms with Crippen molar-refractivity contribution in [1.29, 1.82) is 0 Å². The summed E-state index contributed by atoms with van der Waals surface area (Å²) in [6.45, 7) is 0.250. The zero-order chi connectivity index (χ0) is 21.9. The normalized spacial score (nSPS) is 12.2. The third kappa shape index (κ3) is 6.33. The second-order valence-corrected chi connectivity index (χ2v) is 8.64. The van der Waals surface area contributed by atoms with Crippen LogP contribution in [-0.4, -0.2) is 48.5 Å². The average molecular weight is 470 g/mol. The Labute approximate surface area is 186 Å². The van der Waals surface area contributed by atoms with E-state index >= 15 is 0 Å². The first-order chi connectivity index (χ1) is 14.2. The van der Waals surface area contributed by atoms with Crippen molar-refractivity contribution in [3.8, 4) is 11.5 Å². The van der Waals surface area contributed by atoms with Crippen LogP contribution >= 0.6 is 12.4 Å². The van der Waals surface area contributed by atoms with Gasteiger partial charge in [0, 0.05) is 13.1 Å². The number of hydrogen-bond donors (Lipinski definition) is 2. The second kappa shape index (κ2) is 9.99. The molecule has 1 heterocycles. The maximum Gasteiger partial charge on any atom is 0.322 e. The molecule has 1 atom stereocenters. The standard InChI is InChI=1S/C20H23N3O6S.ClH/c1-23-18-11-15(28-2)8-9-16(18)21-19(23)12-29-14-6-4-13(5-7-14)10-17(20(24)25)22-30(3,26)27;/h4-9,11,17,22H,10,12H2,1-3H3,(H,24,25);1H/t17-;/m0./s1. The van der Waals surface area contributed by atoms with Crippen molar-refractivity contribution in [3.63, 3.8) is 0 Å². The molecule has 0 aliphatic heterocycles. The van der Waals surface area contributed by atoms with E-state index in [1.165, 1.54) is 0 Å². The monoisotopic (exact) mass is 469 g/mol. The molecule has 0 saturated carbocycles. The summed E-state index contributed by atoms with van der Waals surface area (Å²) in [6, 6.07) is 11.2. The number of aryl methyl sites for hydroxylation is 1. The minimum absolute atomic E-state index is 0. The van der Waals surface area contributed by atoms with Crippen LogP contribution in [0, 0.1) is 0 Å². The Balaban J connectivity index is 0.00000341. The molecule has 0 amide bonds. The lowest BCUT2D eigenvalue weighted by Gasteiger charge is -2.13. The van der Waals surface area contributed by atoms with E-state index < -0.39 is 22.0 Å². The van der Waals surface area contributed by atoms with Crippen molar-refractivity contribution in [2.45, 2.75) is 19.1 Å². The molecule has 0 saturated heterocycles. The van der Waals surface area contributed by atoms with Crippen molar-refractivity contribution < 1.29 is 27.8 Å². The molecular weight excluding hydrogens is 446 g/mol. The van der Waals surface area contributed by atoms with E-state index in [9.17, 15) is 18.3 Å². The van der Waals surface area contributed by atoms with Crippen LogP contribution in [0.15, 0.2) is 42.5 Å². The number of carboxylic acid groups (broad SMARTS) is 1. The van der Waals surface area contributed by atoms with E-state index in [0.717, 1.165) is 28.9 Å². The fourth-order valence-electron chi connectivity index (χ4n) is 3.02. The third-order valence-corrected chi connectivity index (χ3v) is 5.28. The van der Waals surface area contributed by atoms with Gasteiger partial charge >= 0.3 is 5.97 Å². The summed E-state index contributed by atoms with van der Waals surface area (Å²) in [6.07, 6.45) is 0.951. The lowest BCUT2D eigenvalue weighted by molar-refractivity contribution is -0.138. The number of aromatic nitrogens is 2. The highest BCUT2D eigenvalue weighted by molar-refractivity contribution is 7.88. The topological polar surface area (TPSA) is 120 Å². The molecule has 168 valence electrons. The number of carbonyl (C=O) groups is 1. The van der Waals surface area contributed by atoms with Crippen LogP contribution in [0.2, 0.25) is 0 Å². The molecule has 2 N–H and O–H groups in total. The number of imidazole rings is 1. The fourth-order valence-corrected chi connectivity index (χ4v) is 3.72. The van der Waals surface area contributed by atoms with Gasteiger partial charge in [-0.1, -0.05) is 12.1 Å². The molecule has 0 aliphatic carbocycles. The fraction of sp³-hybridized carbons (Fsp3) is 0.300. The summed E-state index contributed by atoms with van der Waals surface area (Å²) in [4.78, 5) is 15.9. The van der Waals surface area contributed by atoms with Gasteiger partial charge in [-0.05, 0) is 36.2 Å². The lowest BCUT2D eigenvalue weighted by Crippen LogP contribution is -2.41. The molecule has 3 rings (SSSR count). The smallest absolute Gasteiger partial charge is 0.322 e. The number of sulfonamides is 1. The lowest BCUT2D eigenvalue weighted by atomic mass is 10.1. The number of halogens is 1. The molecule has 11 heteroatoms. The Morgan fingerprint density at radius 2 is 1.84 bits per heavy atom. The van der Waals surface area contributed by atoms with Gasteiger partial charge in [0.15, 0.2) is 0 Å². The second-order valence-electron chi connectivity index (χ2n) is 6.86. The minimum atomic E-state index is -3.63. The van der Waals surface area contributed by atoms with Crippen LogP contribution in [-0.2, 0) is 34.9 Å². The van der Waals surface area contributed by atoms with E-state index in [-0.39, 0.29) is 25.4 Å². The van der Waals surface area contributed by atoms with Gasteiger partial charge in [0.2, 0.25) is 10.0 Å². The van der Waals surface area contributed by atoms with E-state index in [4.69, 9.17) is 9.47 Å². The van der Waals surface area contributed by atoms with Crippen LogP contribution in [0.5, 0.6) is 11.5 Å². The van der Waals surface area contributed by atoms with Crippen LogP contribution in [0.1, 0.15) is 11.4 Å². The number of nitrogens with one attached hydrogen (secondary N) is 1. The van der Waals surface area contributed by atoms with Crippen molar-refractivity contribution in [2.24, 2.45) is 7.05 Å². The van der Waals surface area contributed by atoms with Crippen molar-refractivity contribution >= 4 is 39.4 Å². The highest BCUT2D eigenvalue weighted by atomic mass is 35.5. The van der Waals surface area contributed by atoms with Crippen molar-refractivity contribution in [2.75, 3.05) is 13.4 Å². The molecule has 3 aromatic rings. The first-order valence-electron chi connectivity index (χ1n) is 9.07. The quantitative estimate of drug-likeness (QED) is 0.492. The molecule has 0 aliphatic rings. The van der Waals surface area contributed by atoms with Crippen LogP contribution < -0.4 is 14.2 Å². The predicted octanol–water partition coefficient (Wildman–Crippen LogP) is 2.13. The summed E-state index contributed by atoms with van der Waals surface area (Å²) in [5.74, 6) is 0.842. The largest absolute Gasteiger partial charge is 0.497 e. The van der Waals surface area contributed by atoms with Crippen molar-refractivity contribution in [1.82, 2.24) is 14.3 Å². The molecule has 31 heavy (non-hydrogen) atoms. The van der Waals surface area contributed by atoms with Crippen molar-refractivity contribution in [3.05, 3.63) is 53.9 Å². The van der Waals surface area contributed by atoms with E-state index in [1.54, 1.807) is 31.4 Å². The number of fused-ring (bicyclic) bond motifs is 1. The molecule has 0 fully saturated rings. The Morgan fingerprint density at radius 3 is 2.42 bits per heavy atom. The third-order valence-electron chi connectivity index (χ3n) is 4.57. The number of rotatable bonds is 9. The Bertz CT molecular complexity index is 1160. The highest BCUT2D eigenvalue weighted by Crippen LogP contribution is 2.22. The Morgan fingerprint density at radius 1 is 1.19 bits per heavy atom. The SMILES string of the molecule is COc1ccc2nc(COc3ccc(C[C@H](NS(C)(=O)=O)C(=O)O)cc3)n(C)c2c1.Cl. The summed E-state index contributed by atoms with van der Waals surface area (Å²) in [5.41, 5.74) is 2.44. The van der Waals surface area contributed by atoms with Gasteiger partial charge < -0.3 is 19.1 Å². The molecule has 1 aromatic heterocycles. The highest BCUT2D eigenvalue weighted by Gasteiger charge is 2.21. The predicted molar refractivity (Wildman–Crippen MR) is 118 cm³/mol. The molecule has 0 bridgehead atoms. The van der Waals surface area contributed by atoms with E-state index in [2.05, 4.69) is 9.71 Å². The zero-order valence-corrected chi connectivity index (χ0v) is 18.9. The summed E-state index contributed by atoms with van der Waals surface area (Å²) < 4.78 is 37.8. The number of carboxylic acids is 1. The van der Waals surface area contributed by atoms with Crippen LogP contribution in [0.3, 0.4) is 0 Å². The van der Waals surface area contributed by atoms with Gasteiger partial charge in [-0.25, -0.2) is 18.1 Å². The Kier molecular flexibility index (Phi) is 7.88. The van der Waals surface area contributed by atoms with Gasteiger partial charge in [0.1, 0.15) is 30.0 Å².